The van der Waals surface area contributed by atoms with E-state index >= 15 is 0 Å². The summed E-state index contributed by atoms with van der Waals surface area (Å²) in [6, 6.07) is 17.8. The molecule has 0 atom stereocenters. The van der Waals surface area contributed by atoms with E-state index in [2.05, 4.69) is 5.32 Å². The fourth-order valence-corrected chi connectivity index (χ4v) is 3.41. The number of halogens is 2. The standard InChI is InChI=1S/C25H24ClFN2O4/c1-32-22-12-9-18(13-23(22)33-2)25(31)29(15-19-5-3-4-6-21(19)26)16-24(30)28-14-17-7-10-20(27)11-8-17/h3-13H,14-16H2,1-2H3,(H,28,30). The Kier molecular flexibility index (Phi) is 8.27. The monoisotopic (exact) mass is 470 g/mol. The van der Waals surface area contributed by atoms with E-state index in [1.54, 1.807) is 48.5 Å². The Morgan fingerprint density at radius 2 is 1.67 bits per heavy atom. The zero-order chi connectivity index (χ0) is 23.8. The Hall–Kier alpha value is -3.58. The second-order valence-electron chi connectivity index (χ2n) is 7.23. The largest absolute Gasteiger partial charge is 0.493 e. The minimum absolute atomic E-state index is 0.136. The minimum atomic E-state index is -0.368. The number of benzene rings is 3. The molecule has 0 fully saturated rings. The summed E-state index contributed by atoms with van der Waals surface area (Å²) in [4.78, 5) is 27.4. The molecule has 3 rings (SSSR count). The lowest BCUT2D eigenvalue weighted by Crippen LogP contribution is -2.40. The summed E-state index contributed by atoms with van der Waals surface area (Å²) in [5, 5.41) is 3.26. The molecule has 0 aliphatic carbocycles. The summed E-state index contributed by atoms with van der Waals surface area (Å²) >= 11 is 6.29. The molecule has 0 aromatic heterocycles. The molecule has 0 radical (unpaired) electrons. The van der Waals surface area contributed by atoms with Gasteiger partial charge in [0.2, 0.25) is 5.91 Å². The van der Waals surface area contributed by atoms with E-state index in [0.717, 1.165) is 5.56 Å². The van der Waals surface area contributed by atoms with Crippen molar-refractivity contribution in [2.45, 2.75) is 13.1 Å². The first-order valence-electron chi connectivity index (χ1n) is 10.2. The van der Waals surface area contributed by atoms with E-state index in [0.29, 0.717) is 27.6 Å². The van der Waals surface area contributed by atoms with Gasteiger partial charge in [-0.2, -0.15) is 0 Å². The third-order valence-electron chi connectivity index (χ3n) is 4.97. The van der Waals surface area contributed by atoms with E-state index in [1.807, 2.05) is 6.07 Å². The second-order valence-corrected chi connectivity index (χ2v) is 7.63. The first-order chi connectivity index (χ1) is 15.9. The molecular weight excluding hydrogens is 447 g/mol. The van der Waals surface area contributed by atoms with Crippen LogP contribution in [-0.2, 0) is 17.9 Å². The Morgan fingerprint density at radius 1 is 0.970 bits per heavy atom. The predicted octanol–water partition coefficient (Wildman–Crippen LogP) is 4.46. The van der Waals surface area contributed by atoms with Crippen molar-refractivity contribution in [1.82, 2.24) is 10.2 Å². The lowest BCUT2D eigenvalue weighted by atomic mass is 10.1. The van der Waals surface area contributed by atoms with Crippen molar-refractivity contribution in [3.05, 3.63) is 94.3 Å². The SMILES string of the molecule is COc1ccc(C(=O)N(CC(=O)NCc2ccc(F)cc2)Cc2ccccc2Cl)cc1OC. The third kappa shape index (κ3) is 6.46. The van der Waals surface area contributed by atoms with Gasteiger partial charge >= 0.3 is 0 Å². The second kappa shape index (κ2) is 11.3. The van der Waals surface area contributed by atoms with Crippen LogP contribution in [0.4, 0.5) is 4.39 Å². The highest BCUT2D eigenvalue weighted by molar-refractivity contribution is 6.31. The van der Waals surface area contributed by atoms with Crippen LogP contribution in [0.25, 0.3) is 0 Å². The number of carbonyl (C=O) groups is 2. The van der Waals surface area contributed by atoms with Crippen LogP contribution in [0.1, 0.15) is 21.5 Å². The molecule has 0 unspecified atom stereocenters. The molecule has 0 bridgehead atoms. The van der Waals surface area contributed by atoms with Gasteiger partial charge in [-0.15, -0.1) is 0 Å². The summed E-state index contributed by atoms with van der Waals surface area (Å²) in [5.74, 6) is -0.185. The maximum absolute atomic E-state index is 13.3. The average molecular weight is 471 g/mol. The zero-order valence-corrected chi connectivity index (χ0v) is 19.1. The van der Waals surface area contributed by atoms with E-state index in [-0.39, 0.29) is 37.3 Å². The molecule has 1 N–H and O–H groups in total. The van der Waals surface area contributed by atoms with Crippen molar-refractivity contribution < 1.29 is 23.5 Å². The number of hydrogen-bond acceptors (Lipinski definition) is 4. The molecule has 0 saturated heterocycles. The van der Waals surface area contributed by atoms with Crippen molar-refractivity contribution in [2.24, 2.45) is 0 Å². The van der Waals surface area contributed by atoms with Crippen molar-refractivity contribution in [2.75, 3.05) is 20.8 Å². The first-order valence-corrected chi connectivity index (χ1v) is 10.5. The van der Waals surface area contributed by atoms with Gasteiger partial charge in [-0.25, -0.2) is 4.39 Å². The number of amides is 2. The summed E-state index contributed by atoms with van der Waals surface area (Å²) in [7, 11) is 2.99. The fraction of sp³-hybridized carbons (Fsp3) is 0.200. The Balaban J connectivity index is 1.79. The summed E-state index contributed by atoms with van der Waals surface area (Å²) < 4.78 is 23.6. The number of carbonyl (C=O) groups excluding carboxylic acids is 2. The van der Waals surface area contributed by atoms with Crippen LogP contribution in [0.2, 0.25) is 5.02 Å². The van der Waals surface area contributed by atoms with Gasteiger partial charge in [0.05, 0.1) is 14.2 Å². The van der Waals surface area contributed by atoms with Crippen LogP contribution < -0.4 is 14.8 Å². The Morgan fingerprint density at radius 3 is 2.33 bits per heavy atom. The molecule has 0 heterocycles. The van der Waals surface area contributed by atoms with Crippen molar-refractivity contribution in [3.8, 4) is 11.5 Å². The summed E-state index contributed by atoms with van der Waals surface area (Å²) in [6.45, 7) is 0.153. The van der Waals surface area contributed by atoms with Gasteiger partial charge in [-0.1, -0.05) is 41.9 Å². The van der Waals surface area contributed by atoms with E-state index < -0.39 is 0 Å². The van der Waals surface area contributed by atoms with Gasteiger partial charge < -0.3 is 19.7 Å². The van der Waals surface area contributed by atoms with Crippen LogP contribution >= 0.6 is 11.6 Å². The number of ether oxygens (including phenoxy) is 2. The van der Waals surface area contributed by atoms with Gasteiger partial charge in [0.25, 0.3) is 5.91 Å². The number of hydrogen-bond donors (Lipinski definition) is 1. The average Bonchev–Trinajstić information content (AvgIpc) is 2.83. The summed E-state index contributed by atoms with van der Waals surface area (Å²) in [6.07, 6.45) is 0. The first kappa shape index (κ1) is 24.1. The lowest BCUT2D eigenvalue weighted by molar-refractivity contribution is -0.122. The highest BCUT2D eigenvalue weighted by Gasteiger charge is 2.21. The van der Waals surface area contributed by atoms with E-state index in [9.17, 15) is 14.0 Å². The van der Waals surface area contributed by atoms with Crippen LogP contribution in [0.15, 0.2) is 66.7 Å². The summed E-state index contributed by atoms with van der Waals surface area (Å²) in [5.41, 5.74) is 1.79. The fourth-order valence-electron chi connectivity index (χ4n) is 3.22. The molecule has 2 amide bonds. The highest BCUT2D eigenvalue weighted by atomic mass is 35.5. The molecule has 0 saturated carbocycles. The predicted molar refractivity (Wildman–Crippen MR) is 124 cm³/mol. The van der Waals surface area contributed by atoms with Gasteiger partial charge in [-0.3, -0.25) is 9.59 Å². The number of nitrogens with one attached hydrogen (secondary N) is 1. The number of methoxy groups -OCH3 is 2. The molecule has 0 aliphatic rings. The van der Waals surface area contributed by atoms with Crippen molar-refractivity contribution in [3.63, 3.8) is 0 Å². The van der Waals surface area contributed by atoms with Gasteiger partial charge in [0, 0.05) is 23.7 Å². The van der Waals surface area contributed by atoms with Crippen molar-refractivity contribution >= 4 is 23.4 Å². The smallest absolute Gasteiger partial charge is 0.254 e. The van der Waals surface area contributed by atoms with Gasteiger partial charge in [0.1, 0.15) is 12.4 Å². The maximum Gasteiger partial charge on any atom is 0.254 e. The quantitative estimate of drug-likeness (QED) is 0.501. The highest BCUT2D eigenvalue weighted by Crippen LogP contribution is 2.28. The van der Waals surface area contributed by atoms with Gasteiger partial charge in [-0.05, 0) is 47.5 Å². The lowest BCUT2D eigenvalue weighted by Gasteiger charge is -2.23. The minimum Gasteiger partial charge on any atom is -0.493 e. The molecule has 0 spiro atoms. The molecule has 172 valence electrons. The topological polar surface area (TPSA) is 67.9 Å². The number of nitrogens with zero attached hydrogens (tertiary/aromatic N) is 1. The zero-order valence-electron chi connectivity index (χ0n) is 18.3. The molecule has 6 nitrogen and oxygen atoms in total. The molecule has 0 aliphatic heterocycles. The van der Waals surface area contributed by atoms with Crippen LogP contribution in [0.3, 0.4) is 0 Å². The van der Waals surface area contributed by atoms with E-state index in [1.165, 1.54) is 31.3 Å². The van der Waals surface area contributed by atoms with Gasteiger partial charge in [0.15, 0.2) is 11.5 Å². The third-order valence-corrected chi connectivity index (χ3v) is 5.34. The molecular formula is C25H24ClFN2O4. The normalized spacial score (nSPS) is 10.4. The van der Waals surface area contributed by atoms with Crippen LogP contribution in [0, 0.1) is 5.82 Å². The Bertz CT molecular complexity index is 1120. The van der Waals surface area contributed by atoms with E-state index in [4.69, 9.17) is 21.1 Å². The Labute approximate surface area is 196 Å². The molecule has 8 heteroatoms. The maximum atomic E-state index is 13.3. The number of rotatable bonds is 9. The molecule has 3 aromatic rings. The molecule has 3 aromatic carbocycles. The van der Waals surface area contributed by atoms with Crippen LogP contribution in [0.5, 0.6) is 11.5 Å². The van der Waals surface area contributed by atoms with Crippen LogP contribution in [-0.4, -0.2) is 37.5 Å². The molecule has 33 heavy (non-hydrogen) atoms. The van der Waals surface area contributed by atoms with Crippen molar-refractivity contribution in [1.29, 1.82) is 0 Å².